The van der Waals surface area contributed by atoms with E-state index in [0.717, 1.165) is 23.1 Å². The molecule has 2 bridgehead atoms. The molecule has 2 aromatic carbocycles. The number of carbonyl (C=O) groups is 2. The van der Waals surface area contributed by atoms with Crippen LogP contribution in [0.3, 0.4) is 0 Å². The first-order valence-electron chi connectivity index (χ1n) is 9.49. The maximum absolute atomic E-state index is 13.1. The number of ether oxygens (including phenoxy) is 1. The number of carbonyl (C=O) groups excluding carboxylic acids is 2. The normalized spacial score (nSPS) is 20.4. The Morgan fingerprint density at radius 3 is 2.71 bits per heavy atom. The van der Waals surface area contributed by atoms with Gasteiger partial charge >= 0.3 is 0 Å². The van der Waals surface area contributed by atoms with Crippen LogP contribution in [0.25, 0.3) is 0 Å². The van der Waals surface area contributed by atoms with Crippen LogP contribution in [-0.4, -0.2) is 42.5 Å². The summed E-state index contributed by atoms with van der Waals surface area (Å²) in [5, 5.41) is 3.13. The fourth-order valence-electron chi connectivity index (χ4n) is 4.04. The van der Waals surface area contributed by atoms with Crippen LogP contribution in [0, 0.1) is 6.92 Å². The lowest BCUT2D eigenvalue weighted by atomic mass is 9.96. The molecule has 4 rings (SSSR count). The van der Waals surface area contributed by atoms with Crippen LogP contribution in [0.4, 0.5) is 0 Å². The molecule has 2 aliphatic heterocycles. The highest BCUT2D eigenvalue weighted by molar-refractivity contribution is 6.33. The Morgan fingerprint density at radius 2 is 2.04 bits per heavy atom. The van der Waals surface area contributed by atoms with Crippen LogP contribution in [0.1, 0.15) is 50.8 Å². The quantitative estimate of drug-likeness (QED) is 0.859. The summed E-state index contributed by atoms with van der Waals surface area (Å²) < 4.78 is 6.12. The van der Waals surface area contributed by atoms with Crippen molar-refractivity contribution in [3.05, 3.63) is 63.2 Å². The van der Waals surface area contributed by atoms with E-state index >= 15 is 0 Å². The van der Waals surface area contributed by atoms with E-state index in [1.54, 1.807) is 19.2 Å². The predicted octanol–water partition coefficient (Wildman–Crippen LogP) is 3.59. The van der Waals surface area contributed by atoms with Crippen molar-refractivity contribution in [1.82, 2.24) is 10.2 Å². The molecule has 2 aliphatic rings. The van der Waals surface area contributed by atoms with Crippen molar-refractivity contribution in [2.24, 2.45) is 0 Å². The van der Waals surface area contributed by atoms with Crippen LogP contribution < -0.4 is 10.1 Å². The molecule has 2 heterocycles. The van der Waals surface area contributed by atoms with Gasteiger partial charge in [0.1, 0.15) is 6.10 Å². The third kappa shape index (κ3) is 3.14. The largest absolute Gasteiger partial charge is 0.486 e. The van der Waals surface area contributed by atoms with Crippen molar-refractivity contribution in [3.8, 4) is 5.75 Å². The third-order valence-electron chi connectivity index (χ3n) is 5.72. The monoisotopic (exact) mass is 398 g/mol. The average molecular weight is 399 g/mol. The molecule has 1 saturated heterocycles. The summed E-state index contributed by atoms with van der Waals surface area (Å²) in [7, 11) is 1.61. The Morgan fingerprint density at radius 1 is 1.32 bits per heavy atom. The first-order valence-corrected chi connectivity index (χ1v) is 9.87. The van der Waals surface area contributed by atoms with Gasteiger partial charge in [-0.05, 0) is 55.2 Å². The molecule has 1 fully saturated rings. The molecular formula is C22H23ClN2O3. The van der Waals surface area contributed by atoms with E-state index in [1.165, 1.54) is 0 Å². The summed E-state index contributed by atoms with van der Waals surface area (Å²) in [5.74, 6) is 0.389. The fourth-order valence-corrected chi connectivity index (χ4v) is 4.31. The lowest BCUT2D eigenvalue weighted by molar-refractivity contribution is 0.0748. The number of benzene rings is 2. The summed E-state index contributed by atoms with van der Waals surface area (Å²) in [4.78, 5) is 26.7. The van der Waals surface area contributed by atoms with E-state index in [1.807, 2.05) is 30.0 Å². The maximum atomic E-state index is 13.1. The van der Waals surface area contributed by atoms with E-state index in [9.17, 15) is 9.59 Å². The van der Waals surface area contributed by atoms with E-state index in [4.69, 9.17) is 16.3 Å². The zero-order chi connectivity index (χ0) is 20.0. The molecule has 0 radical (unpaired) electrons. The molecule has 2 atom stereocenters. The number of nitrogens with zero attached hydrogens (tertiary/aromatic N) is 1. The molecule has 5 nitrogen and oxygen atoms in total. The van der Waals surface area contributed by atoms with Crippen LogP contribution in [0.5, 0.6) is 5.75 Å². The second-order valence-corrected chi connectivity index (χ2v) is 7.96. The van der Waals surface area contributed by atoms with Crippen molar-refractivity contribution in [2.75, 3.05) is 13.6 Å². The Kier molecular flexibility index (Phi) is 4.79. The Hall–Kier alpha value is -2.53. The van der Waals surface area contributed by atoms with Crippen LogP contribution in [-0.2, 0) is 6.42 Å². The van der Waals surface area contributed by atoms with Gasteiger partial charge in [-0.15, -0.1) is 0 Å². The third-order valence-corrected chi connectivity index (χ3v) is 6.18. The van der Waals surface area contributed by atoms with E-state index in [0.29, 0.717) is 34.9 Å². The second-order valence-electron chi connectivity index (χ2n) is 7.59. The van der Waals surface area contributed by atoms with Crippen molar-refractivity contribution in [3.63, 3.8) is 0 Å². The molecule has 0 unspecified atom stereocenters. The lowest BCUT2D eigenvalue weighted by Gasteiger charge is -2.23. The van der Waals surface area contributed by atoms with E-state index in [2.05, 4.69) is 12.2 Å². The topological polar surface area (TPSA) is 58.6 Å². The number of amides is 2. The van der Waals surface area contributed by atoms with E-state index in [-0.39, 0.29) is 24.0 Å². The van der Waals surface area contributed by atoms with Gasteiger partial charge in [0.25, 0.3) is 11.8 Å². The van der Waals surface area contributed by atoms with Gasteiger partial charge in [0.15, 0.2) is 5.75 Å². The summed E-state index contributed by atoms with van der Waals surface area (Å²) in [6.45, 7) is 4.62. The number of rotatable bonds is 3. The van der Waals surface area contributed by atoms with Crippen molar-refractivity contribution in [2.45, 2.75) is 38.8 Å². The van der Waals surface area contributed by atoms with Crippen molar-refractivity contribution in [1.29, 1.82) is 0 Å². The number of halogens is 1. The highest BCUT2D eigenvalue weighted by Gasteiger charge is 2.40. The SMILES string of the molecule is CNC(=O)c1ccc(Cc2cc3c(c(Cl)c2C)O[C@H]2C[C@@H](C)N(C2)C3=O)cc1. The predicted molar refractivity (Wildman–Crippen MR) is 108 cm³/mol. The molecule has 6 heteroatoms. The van der Waals surface area contributed by atoms with Gasteiger partial charge in [-0.1, -0.05) is 23.7 Å². The zero-order valence-corrected chi connectivity index (χ0v) is 17.0. The van der Waals surface area contributed by atoms with Gasteiger partial charge < -0.3 is 15.0 Å². The van der Waals surface area contributed by atoms with Crippen molar-refractivity contribution >= 4 is 23.4 Å². The van der Waals surface area contributed by atoms with Crippen LogP contribution in [0.15, 0.2) is 30.3 Å². The minimum atomic E-state index is -0.114. The number of hydrogen-bond donors (Lipinski definition) is 1. The molecule has 2 aromatic rings. The minimum Gasteiger partial charge on any atom is -0.486 e. The second kappa shape index (κ2) is 7.13. The molecule has 28 heavy (non-hydrogen) atoms. The van der Waals surface area contributed by atoms with Gasteiger partial charge in [0.05, 0.1) is 17.1 Å². The summed E-state index contributed by atoms with van der Waals surface area (Å²) in [5.41, 5.74) is 4.11. The number of fused-ring (bicyclic) bond motifs is 3. The smallest absolute Gasteiger partial charge is 0.258 e. The van der Waals surface area contributed by atoms with Gasteiger partial charge in [0, 0.05) is 25.1 Å². The lowest BCUT2D eigenvalue weighted by Crippen LogP contribution is -2.33. The van der Waals surface area contributed by atoms with Gasteiger partial charge in [-0.25, -0.2) is 0 Å². The van der Waals surface area contributed by atoms with Crippen LogP contribution in [0.2, 0.25) is 5.02 Å². The van der Waals surface area contributed by atoms with Gasteiger partial charge in [-0.2, -0.15) is 0 Å². The molecule has 0 saturated carbocycles. The summed E-state index contributed by atoms with van der Waals surface area (Å²) >= 11 is 6.63. The molecule has 146 valence electrons. The molecular weight excluding hydrogens is 376 g/mol. The first kappa shape index (κ1) is 18.8. The Labute approximate surface area is 169 Å². The summed E-state index contributed by atoms with van der Waals surface area (Å²) in [6, 6.07) is 9.54. The Balaban J connectivity index is 1.69. The summed E-state index contributed by atoms with van der Waals surface area (Å²) in [6.07, 6.45) is 1.46. The number of hydrogen-bond acceptors (Lipinski definition) is 3. The molecule has 0 aliphatic carbocycles. The molecule has 1 N–H and O–H groups in total. The standard InChI is InChI=1S/C22H23ClN2O3/c1-12-8-17-11-25(12)22(27)18-10-16(13(2)19(23)20(18)28-17)9-14-4-6-15(7-5-14)21(26)24-3/h4-7,10,12,17H,8-9,11H2,1-3H3,(H,24,26)/t12-,17+/m1/s1. The minimum absolute atomic E-state index is 0.000191. The zero-order valence-electron chi connectivity index (χ0n) is 16.2. The van der Waals surface area contributed by atoms with Gasteiger partial charge in [-0.3, -0.25) is 9.59 Å². The van der Waals surface area contributed by atoms with E-state index < -0.39 is 0 Å². The molecule has 0 spiro atoms. The highest BCUT2D eigenvalue weighted by Crippen LogP contribution is 2.40. The molecule has 0 aromatic heterocycles. The highest BCUT2D eigenvalue weighted by atomic mass is 35.5. The molecule has 2 amide bonds. The van der Waals surface area contributed by atoms with Crippen LogP contribution >= 0.6 is 11.6 Å². The maximum Gasteiger partial charge on any atom is 0.258 e. The average Bonchev–Trinajstić information content (AvgIpc) is 3.00. The number of nitrogens with one attached hydrogen (secondary N) is 1. The first-order chi connectivity index (χ1) is 13.4. The van der Waals surface area contributed by atoms with Gasteiger partial charge in [0.2, 0.25) is 0 Å². The fraction of sp³-hybridized carbons (Fsp3) is 0.364. The Bertz CT molecular complexity index is 955. The van der Waals surface area contributed by atoms with Crippen molar-refractivity contribution < 1.29 is 14.3 Å².